The number of alkyl halides is 3. The summed E-state index contributed by atoms with van der Waals surface area (Å²) < 4.78 is 41.1. The van der Waals surface area contributed by atoms with Crippen LogP contribution in [0.1, 0.15) is 28.5 Å². The van der Waals surface area contributed by atoms with E-state index in [1.165, 1.54) is 0 Å². The van der Waals surface area contributed by atoms with Crippen molar-refractivity contribution >= 4 is 16.7 Å². The number of halogens is 3. The number of benzene rings is 1. The number of hydrogen-bond donors (Lipinski definition) is 0. The number of aromatic nitrogens is 3. The van der Waals surface area contributed by atoms with E-state index in [9.17, 15) is 18.0 Å². The molecule has 0 saturated carbocycles. The topological polar surface area (TPSA) is 47.8 Å². The molecule has 0 aliphatic carbocycles. The molecule has 3 rings (SSSR count). The summed E-state index contributed by atoms with van der Waals surface area (Å²) in [7, 11) is 0. The molecule has 0 saturated heterocycles. The quantitative estimate of drug-likeness (QED) is 0.672. The van der Waals surface area contributed by atoms with E-state index >= 15 is 0 Å². The molecule has 0 spiro atoms. The molecule has 0 aliphatic rings. The molecule has 118 valence electrons. The van der Waals surface area contributed by atoms with Gasteiger partial charge in [0.05, 0.1) is 23.0 Å². The highest BCUT2D eigenvalue weighted by atomic mass is 19.4. The van der Waals surface area contributed by atoms with Crippen LogP contribution < -0.4 is 0 Å². The molecule has 0 fully saturated rings. The second-order valence-electron chi connectivity index (χ2n) is 5.17. The van der Waals surface area contributed by atoms with Crippen molar-refractivity contribution < 1.29 is 18.0 Å². The average Bonchev–Trinajstić information content (AvgIpc) is 2.93. The zero-order chi connectivity index (χ0) is 16.8. The van der Waals surface area contributed by atoms with Gasteiger partial charge in [0.15, 0.2) is 11.5 Å². The van der Waals surface area contributed by atoms with E-state index in [1.807, 2.05) is 6.92 Å². The second kappa shape index (κ2) is 5.19. The van der Waals surface area contributed by atoms with Crippen molar-refractivity contribution in [1.82, 2.24) is 14.8 Å². The Balaban J connectivity index is 2.37. The summed E-state index contributed by atoms with van der Waals surface area (Å²) in [5, 5.41) is 4.34. The lowest BCUT2D eigenvalue weighted by molar-refractivity contribution is -0.143. The lowest BCUT2D eigenvalue weighted by atomic mass is 10.1. The van der Waals surface area contributed by atoms with E-state index in [4.69, 9.17) is 0 Å². The molecule has 0 aliphatic heterocycles. The molecule has 0 radical (unpaired) electrons. The molecule has 4 nitrogen and oxygen atoms in total. The van der Waals surface area contributed by atoms with Crippen LogP contribution in [0.4, 0.5) is 13.2 Å². The third-order valence-corrected chi connectivity index (χ3v) is 3.59. The maximum absolute atomic E-state index is 13.4. The highest BCUT2D eigenvalue weighted by molar-refractivity contribution is 5.96. The van der Waals surface area contributed by atoms with Crippen LogP contribution in [-0.2, 0) is 6.18 Å². The number of rotatable bonds is 2. The fourth-order valence-corrected chi connectivity index (χ4v) is 2.55. The fraction of sp³-hybridized carbons (Fsp3) is 0.188. The minimum atomic E-state index is -4.70. The van der Waals surface area contributed by atoms with Gasteiger partial charge >= 0.3 is 6.18 Å². The number of ketones is 1. The van der Waals surface area contributed by atoms with Crippen LogP contribution >= 0.6 is 0 Å². The standard InChI is InChI=1S/C16H12F3N3O/c1-9-5-6-13(11-4-3-7-20-14(9)11)22-15(16(17,18)19)12(8-21-22)10(2)23/h3-8H,1-2H3. The third kappa shape index (κ3) is 2.48. The first kappa shape index (κ1) is 15.2. The van der Waals surface area contributed by atoms with Gasteiger partial charge in [0, 0.05) is 11.6 Å². The maximum Gasteiger partial charge on any atom is 0.434 e. The number of fused-ring (bicyclic) bond motifs is 1. The normalized spacial score (nSPS) is 11.9. The predicted molar refractivity (Wildman–Crippen MR) is 78.6 cm³/mol. The summed E-state index contributed by atoms with van der Waals surface area (Å²) in [6, 6.07) is 6.55. The van der Waals surface area contributed by atoms with E-state index in [2.05, 4.69) is 10.1 Å². The predicted octanol–water partition coefficient (Wildman–Crippen LogP) is 3.95. The Hall–Kier alpha value is -2.70. The first-order valence-electron chi connectivity index (χ1n) is 6.81. The van der Waals surface area contributed by atoms with Gasteiger partial charge in [-0.2, -0.15) is 18.3 Å². The van der Waals surface area contributed by atoms with E-state index in [-0.39, 0.29) is 5.69 Å². The summed E-state index contributed by atoms with van der Waals surface area (Å²) >= 11 is 0. The zero-order valence-corrected chi connectivity index (χ0v) is 12.3. The van der Waals surface area contributed by atoms with Gasteiger partial charge in [0.2, 0.25) is 0 Å². The van der Waals surface area contributed by atoms with Crippen molar-refractivity contribution in [3.63, 3.8) is 0 Å². The van der Waals surface area contributed by atoms with Gasteiger partial charge in [-0.1, -0.05) is 6.07 Å². The van der Waals surface area contributed by atoms with Gasteiger partial charge in [-0.15, -0.1) is 0 Å². The van der Waals surface area contributed by atoms with Crippen molar-refractivity contribution in [3.05, 3.63) is 53.5 Å². The number of Topliss-reactive ketones (excluding diaryl/α,β-unsaturated/α-hetero) is 1. The minimum Gasteiger partial charge on any atom is -0.294 e. The summed E-state index contributed by atoms with van der Waals surface area (Å²) in [4.78, 5) is 15.7. The van der Waals surface area contributed by atoms with Crippen LogP contribution in [0.25, 0.3) is 16.6 Å². The fourth-order valence-electron chi connectivity index (χ4n) is 2.55. The second-order valence-corrected chi connectivity index (χ2v) is 5.17. The Bertz CT molecular complexity index is 913. The SMILES string of the molecule is CC(=O)c1cnn(-c2ccc(C)c3ncccc23)c1C(F)(F)F. The number of hydrogen-bond acceptors (Lipinski definition) is 3. The van der Waals surface area contributed by atoms with Crippen molar-refractivity contribution in [3.8, 4) is 5.69 Å². The molecule has 3 aromatic rings. The average molecular weight is 319 g/mol. The molecule has 7 heteroatoms. The molecule has 0 N–H and O–H groups in total. The van der Waals surface area contributed by atoms with Crippen molar-refractivity contribution in [2.45, 2.75) is 20.0 Å². The summed E-state index contributed by atoms with van der Waals surface area (Å²) in [5.74, 6) is -0.682. The van der Waals surface area contributed by atoms with Crippen LogP contribution in [-0.4, -0.2) is 20.5 Å². The molecule has 0 atom stereocenters. The van der Waals surface area contributed by atoms with E-state index in [0.29, 0.717) is 10.9 Å². The Morgan fingerprint density at radius 3 is 2.61 bits per heavy atom. The van der Waals surface area contributed by atoms with Crippen LogP contribution in [0.5, 0.6) is 0 Å². The molecule has 23 heavy (non-hydrogen) atoms. The third-order valence-electron chi connectivity index (χ3n) is 3.59. The maximum atomic E-state index is 13.4. The van der Waals surface area contributed by atoms with Crippen molar-refractivity contribution in [2.75, 3.05) is 0 Å². The van der Waals surface area contributed by atoms with Gasteiger partial charge in [-0.3, -0.25) is 9.78 Å². The van der Waals surface area contributed by atoms with Gasteiger partial charge in [-0.25, -0.2) is 4.68 Å². The lowest BCUT2D eigenvalue weighted by Gasteiger charge is -2.14. The first-order valence-corrected chi connectivity index (χ1v) is 6.81. The van der Waals surface area contributed by atoms with Gasteiger partial charge in [0.1, 0.15) is 0 Å². The van der Waals surface area contributed by atoms with Crippen LogP contribution in [0.2, 0.25) is 0 Å². The Morgan fingerprint density at radius 1 is 1.22 bits per heavy atom. The lowest BCUT2D eigenvalue weighted by Crippen LogP contribution is -2.17. The van der Waals surface area contributed by atoms with Crippen LogP contribution in [0.15, 0.2) is 36.7 Å². The van der Waals surface area contributed by atoms with E-state index in [0.717, 1.165) is 23.4 Å². The Morgan fingerprint density at radius 2 is 1.96 bits per heavy atom. The number of carbonyl (C=O) groups excluding carboxylic acids is 1. The van der Waals surface area contributed by atoms with Gasteiger partial charge < -0.3 is 0 Å². The number of pyridine rings is 1. The summed E-state index contributed by atoms with van der Waals surface area (Å²) in [6.07, 6.45) is -2.17. The highest BCUT2D eigenvalue weighted by Gasteiger charge is 2.40. The Labute approximate surface area is 129 Å². The molecule has 2 heterocycles. The zero-order valence-electron chi connectivity index (χ0n) is 12.3. The van der Waals surface area contributed by atoms with Gasteiger partial charge in [0.25, 0.3) is 0 Å². The number of aryl methyl sites for hydroxylation is 1. The van der Waals surface area contributed by atoms with Crippen molar-refractivity contribution in [1.29, 1.82) is 0 Å². The van der Waals surface area contributed by atoms with Crippen LogP contribution in [0, 0.1) is 6.92 Å². The molecule has 2 aromatic heterocycles. The minimum absolute atomic E-state index is 0.235. The largest absolute Gasteiger partial charge is 0.434 e. The van der Waals surface area contributed by atoms with Crippen molar-refractivity contribution in [2.24, 2.45) is 0 Å². The van der Waals surface area contributed by atoms with E-state index in [1.54, 1.807) is 30.5 Å². The molecule has 0 unspecified atom stereocenters. The molecular weight excluding hydrogens is 307 g/mol. The number of carbonyl (C=O) groups is 1. The summed E-state index contributed by atoms with van der Waals surface area (Å²) in [5.41, 5.74) is 0.155. The molecule has 0 bridgehead atoms. The highest BCUT2D eigenvalue weighted by Crippen LogP contribution is 2.35. The first-order chi connectivity index (χ1) is 10.8. The smallest absolute Gasteiger partial charge is 0.294 e. The van der Waals surface area contributed by atoms with E-state index < -0.39 is 23.2 Å². The monoisotopic (exact) mass is 319 g/mol. The molecule has 1 aromatic carbocycles. The van der Waals surface area contributed by atoms with Crippen LogP contribution in [0.3, 0.4) is 0 Å². The summed E-state index contributed by atoms with van der Waals surface area (Å²) in [6.45, 7) is 2.92. The molecule has 0 amide bonds. The molecular formula is C16H12F3N3O. The van der Waals surface area contributed by atoms with Gasteiger partial charge in [-0.05, 0) is 37.6 Å². The Kier molecular flexibility index (Phi) is 3.43. The number of nitrogens with zero attached hydrogens (tertiary/aromatic N) is 3.